The minimum Gasteiger partial charge on any atom is -0.456 e. The van der Waals surface area contributed by atoms with Crippen LogP contribution in [-0.4, -0.2) is 24.1 Å². The zero-order valence-electron chi connectivity index (χ0n) is 35.0. The first-order valence-electron chi connectivity index (χ1n) is 21.8. The van der Waals surface area contributed by atoms with Crippen molar-refractivity contribution < 1.29 is 8.83 Å². The fourth-order valence-electron chi connectivity index (χ4n) is 10.1. The smallest absolute Gasteiger partial charge is 0.167 e. The predicted molar refractivity (Wildman–Crippen MR) is 264 cm³/mol. The molecule has 0 bridgehead atoms. The lowest BCUT2D eigenvalue weighted by Crippen LogP contribution is -2.02. The molecule has 9 aromatic carbocycles. The van der Waals surface area contributed by atoms with Crippen molar-refractivity contribution in [3.63, 3.8) is 0 Å². The quantitative estimate of drug-likeness (QED) is 0.171. The van der Waals surface area contributed by atoms with Gasteiger partial charge in [0.1, 0.15) is 28.4 Å². The number of rotatable bonds is 5. The summed E-state index contributed by atoms with van der Waals surface area (Å²) in [7, 11) is 0. The van der Waals surface area contributed by atoms with E-state index in [0.29, 0.717) is 34.2 Å². The van der Waals surface area contributed by atoms with Gasteiger partial charge in [-0.05, 0) is 72.8 Å². The van der Waals surface area contributed by atoms with Crippen molar-refractivity contribution in [1.29, 1.82) is 5.26 Å². The summed E-state index contributed by atoms with van der Waals surface area (Å²) in [6.45, 7) is 0. The molecule has 0 unspecified atom stereocenters. The Morgan fingerprint density at radius 3 is 1.85 bits per heavy atom. The summed E-state index contributed by atoms with van der Waals surface area (Å²) >= 11 is 0. The molecule has 14 rings (SSSR count). The molecule has 0 N–H and O–H groups in total. The summed E-state index contributed by atoms with van der Waals surface area (Å²) in [5, 5.41) is 19.7. The van der Waals surface area contributed by atoms with Crippen LogP contribution in [-0.2, 0) is 0 Å². The van der Waals surface area contributed by atoms with Gasteiger partial charge in [0.2, 0.25) is 0 Å². The molecule has 306 valence electrons. The molecular weight excluding hydrogens is 813 g/mol. The van der Waals surface area contributed by atoms with Gasteiger partial charge in [-0.25, -0.2) is 15.0 Å². The molecule has 0 atom stereocenters. The van der Waals surface area contributed by atoms with E-state index in [1.54, 1.807) is 0 Å². The van der Waals surface area contributed by atoms with E-state index in [2.05, 4.69) is 118 Å². The fourth-order valence-corrected chi connectivity index (χ4v) is 10.1. The van der Waals surface area contributed by atoms with Gasteiger partial charge in [-0.2, -0.15) is 5.26 Å². The van der Waals surface area contributed by atoms with Crippen LogP contribution in [0, 0.1) is 11.3 Å². The fraction of sp³-hybridized carbons (Fsp3) is 0. The molecule has 5 heterocycles. The van der Waals surface area contributed by atoms with Gasteiger partial charge in [0.15, 0.2) is 17.5 Å². The van der Waals surface area contributed by atoms with Crippen LogP contribution in [0.4, 0.5) is 0 Å². The maximum Gasteiger partial charge on any atom is 0.167 e. The minimum absolute atomic E-state index is 0.449. The van der Waals surface area contributed by atoms with Crippen molar-refractivity contribution >= 4 is 87.5 Å². The second-order valence-electron chi connectivity index (χ2n) is 16.6. The highest BCUT2D eigenvalue weighted by molar-refractivity contribution is 6.26. The monoisotopic (exact) mass is 844 g/mol. The first kappa shape index (κ1) is 36.2. The largest absolute Gasteiger partial charge is 0.456 e. The van der Waals surface area contributed by atoms with E-state index in [0.717, 1.165) is 104 Å². The second kappa shape index (κ2) is 13.8. The zero-order chi connectivity index (χ0) is 43.5. The van der Waals surface area contributed by atoms with Crippen molar-refractivity contribution in [1.82, 2.24) is 24.1 Å². The lowest BCUT2D eigenvalue weighted by atomic mass is 10.1. The van der Waals surface area contributed by atoms with Crippen LogP contribution >= 0.6 is 0 Å². The van der Waals surface area contributed by atoms with Gasteiger partial charge in [-0.15, -0.1) is 0 Å². The van der Waals surface area contributed by atoms with Gasteiger partial charge >= 0.3 is 0 Å². The maximum absolute atomic E-state index is 11.1. The summed E-state index contributed by atoms with van der Waals surface area (Å²) in [6, 6.07) is 68.6. The summed E-state index contributed by atoms with van der Waals surface area (Å²) < 4.78 is 17.3. The molecule has 0 saturated carbocycles. The lowest BCUT2D eigenvalue weighted by Gasteiger charge is -2.13. The summed E-state index contributed by atoms with van der Waals surface area (Å²) in [5.41, 5.74) is 12.0. The number of hydrogen-bond acceptors (Lipinski definition) is 6. The molecule has 0 aliphatic rings. The number of para-hydroxylation sites is 5. The number of furan rings is 2. The van der Waals surface area contributed by atoms with E-state index in [1.807, 2.05) is 91.0 Å². The Labute approximate surface area is 375 Å². The Morgan fingerprint density at radius 1 is 0.409 bits per heavy atom. The number of fused-ring (bicyclic) bond motifs is 13. The molecule has 0 saturated heterocycles. The van der Waals surface area contributed by atoms with Crippen LogP contribution in [0.5, 0.6) is 0 Å². The van der Waals surface area contributed by atoms with Gasteiger partial charge < -0.3 is 18.0 Å². The number of nitrogens with zero attached hydrogens (tertiary/aromatic N) is 6. The molecule has 0 fully saturated rings. The molecule has 66 heavy (non-hydrogen) atoms. The van der Waals surface area contributed by atoms with Crippen molar-refractivity contribution in [2.75, 3.05) is 0 Å². The van der Waals surface area contributed by atoms with E-state index in [-0.39, 0.29) is 0 Å². The highest BCUT2D eigenvalue weighted by atomic mass is 16.3. The summed E-state index contributed by atoms with van der Waals surface area (Å²) in [5.74, 6) is 1.45. The van der Waals surface area contributed by atoms with Crippen molar-refractivity contribution in [3.8, 4) is 51.6 Å². The van der Waals surface area contributed by atoms with Gasteiger partial charge in [-0.1, -0.05) is 121 Å². The molecule has 8 heteroatoms. The number of benzene rings is 9. The Balaban J connectivity index is 0.994. The average molecular weight is 845 g/mol. The number of aromatic nitrogens is 5. The summed E-state index contributed by atoms with van der Waals surface area (Å²) in [4.78, 5) is 15.2. The first-order chi connectivity index (χ1) is 32.7. The average Bonchev–Trinajstić information content (AvgIpc) is 4.14. The molecule has 0 amide bonds. The lowest BCUT2D eigenvalue weighted by molar-refractivity contribution is 0.668. The molecular formula is C58H32N6O2. The van der Waals surface area contributed by atoms with Gasteiger partial charge in [0.25, 0.3) is 0 Å². The van der Waals surface area contributed by atoms with E-state index in [4.69, 9.17) is 23.8 Å². The van der Waals surface area contributed by atoms with Gasteiger partial charge in [0, 0.05) is 59.9 Å². The van der Waals surface area contributed by atoms with Crippen LogP contribution < -0.4 is 0 Å². The minimum atomic E-state index is 0.449. The molecule has 5 aromatic heterocycles. The number of hydrogen-bond donors (Lipinski definition) is 0. The standard InChI is InChI=1S/C58H32N6O2/c59-33-36-31-35(57-60-56(34-13-2-1-3-14-34)61-58(62-57)44-20-12-19-42-39-16-6-11-24-51(39)66-55(42)44)25-28-46(36)64-47-21-8-4-15-38(47)41-27-29-49-53(54(41)64)43-18-5-9-22-48(43)63(49)37-26-30-52-45(32-37)40-17-7-10-23-50(40)65-52/h1-32H. The van der Waals surface area contributed by atoms with Crippen molar-refractivity contribution in [2.45, 2.75) is 0 Å². The molecule has 8 nitrogen and oxygen atoms in total. The third kappa shape index (κ3) is 5.22. The zero-order valence-corrected chi connectivity index (χ0v) is 35.0. The Hall–Kier alpha value is -9.32. The second-order valence-corrected chi connectivity index (χ2v) is 16.6. The van der Waals surface area contributed by atoms with Crippen LogP contribution in [0.25, 0.3) is 133 Å². The third-order valence-electron chi connectivity index (χ3n) is 13.0. The van der Waals surface area contributed by atoms with Gasteiger partial charge in [0.05, 0.1) is 38.9 Å². The highest BCUT2D eigenvalue weighted by Crippen LogP contribution is 2.44. The SMILES string of the molecule is N#Cc1cc(-c2nc(-c3ccccc3)nc(-c3cccc4c3oc3ccccc34)n2)ccc1-n1c2ccccc2c2ccc3c(c4ccccc4n3-c3ccc4oc5ccccc5c4c3)c21. The maximum atomic E-state index is 11.1. The van der Waals surface area contributed by atoms with E-state index < -0.39 is 0 Å². The van der Waals surface area contributed by atoms with E-state index >= 15 is 0 Å². The Kier molecular flexibility index (Phi) is 7.59. The normalized spacial score (nSPS) is 11.9. The topological polar surface area (TPSA) is 98.6 Å². The van der Waals surface area contributed by atoms with Gasteiger partial charge in [-0.3, -0.25) is 0 Å². The van der Waals surface area contributed by atoms with Crippen LogP contribution in [0.15, 0.2) is 203 Å². The van der Waals surface area contributed by atoms with Crippen molar-refractivity contribution in [3.05, 3.63) is 200 Å². The molecule has 0 aliphatic carbocycles. The number of nitriles is 1. The first-order valence-corrected chi connectivity index (χ1v) is 21.8. The molecule has 0 aliphatic heterocycles. The van der Waals surface area contributed by atoms with Crippen molar-refractivity contribution in [2.24, 2.45) is 0 Å². The van der Waals surface area contributed by atoms with Crippen LogP contribution in [0.3, 0.4) is 0 Å². The molecule has 14 aromatic rings. The van der Waals surface area contributed by atoms with E-state index in [9.17, 15) is 5.26 Å². The van der Waals surface area contributed by atoms with Crippen LogP contribution in [0.2, 0.25) is 0 Å². The molecule has 0 radical (unpaired) electrons. The molecule has 0 spiro atoms. The Bertz CT molecular complexity index is 4370. The summed E-state index contributed by atoms with van der Waals surface area (Å²) in [6.07, 6.45) is 0. The van der Waals surface area contributed by atoms with E-state index in [1.165, 1.54) is 0 Å². The third-order valence-corrected chi connectivity index (χ3v) is 13.0. The van der Waals surface area contributed by atoms with Crippen LogP contribution in [0.1, 0.15) is 5.56 Å². The highest BCUT2D eigenvalue weighted by Gasteiger charge is 2.24. The Morgan fingerprint density at radius 2 is 1.05 bits per heavy atom. The predicted octanol–water partition coefficient (Wildman–Crippen LogP) is 14.7.